The summed E-state index contributed by atoms with van der Waals surface area (Å²) in [5, 5.41) is 72.1. The molecular formula is C53H98O15. The molecule has 2 fully saturated rings. The van der Waals surface area contributed by atoms with E-state index in [1.54, 1.807) is 0 Å². The van der Waals surface area contributed by atoms with Crippen LogP contribution in [0.3, 0.4) is 0 Å². The van der Waals surface area contributed by atoms with Gasteiger partial charge in [-0.25, -0.2) is 0 Å². The van der Waals surface area contributed by atoms with Crippen molar-refractivity contribution in [2.75, 3.05) is 26.4 Å². The van der Waals surface area contributed by atoms with E-state index in [0.717, 1.165) is 32.1 Å². The molecule has 11 atom stereocenters. The van der Waals surface area contributed by atoms with Crippen molar-refractivity contribution in [3.05, 3.63) is 12.2 Å². The van der Waals surface area contributed by atoms with Crippen molar-refractivity contribution in [3.8, 4) is 0 Å². The number of carbonyl (C=O) groups excluding carboxylic acids is 2. The minimum atomic E-state index is -1.77. The van der Waals surface area contributed by atoms with Crippen LogP contribution in [0.15, 0.2) is 12.2 Å². The third-order valence-corrected chi connectivity index (χ3v) is 13.3. The van der Waals surface area contributed by atoms with Crippen molar-refractivity contribution in [2.24, 2.45) is 0 Å². The van der Waals surface area contributed by atoms with Crippen molar-refractivity contribution >= 4 is 11.9 Å². The number of esters is 2. The fourth-order valence-electron chi connectivity index (χ4n) is 8.77. The summed E-state index contributed by atoms with van der Waals surface area (Å²) in [5.74, 6) is -0.969. The molecule has 68 heavy (non-hydrogen) atoms. The molecule has 0 spiro atoms. The average Bonchev–Trinajstić information content (AvgIpc) is 3.33. The van der Waals surface area contributed by atoms with Crippen molar-refractivity contribution in [1.29, 1.82) is 0 Å². The lowest BCUT2D eigenvalue weighted by molar-refractivity contribution is -0.332. The van der Waals surface area contributed by atoms with Gasteiger partial charge in [0.05, 0.1) is 19.8 Å². The van der Waals surface area contributed by atoms with Crippen LogP contribution >= 0.6 is 0 Å². The van der Waals surface area contributed by atoms with E-state index in [9.17, 15) is 45.3 Å². The average molecular weight is 975 g/mol. The maximum Gasteiger partial charge on any atom is 0.306 e. The molecule has 0 radical (unpaired) electrons. The summed E-state index contributed by atoms with van der Waals surface area (Å²) in [6.45, 7) is 2.59. The zero-order chi connectivity index (χ0) is 49.6. The molecule has 2 aliphatic rings. The highest BCUT2D eigenvalue weighted by Crippen LogP contribution is 2.27. The van der Waals surface area contributed by atoms with Gasteiger partial charge in [0.1, 0.15) is 55.4 Å². The lowest BCUT2D eigenvalue weighted by Gasteiger charge is -2.42. The Hall–Kier alpha value is -1.76. The summed E-state index contributed by atoms with van der Waals surface area (Å²) in [6, 6.07) is 0. The second-order valence-corrected chi connectivity index (χ2v) is 19.4. The fraction of sp³-hybridized carbons (Fsp3) is 0.925. The number of hydrogen-bond donors (Lipinski definition) is 7. The van der Waals surface area contributed by atoms with Crippen LogP contribution in [0.2, 0.25) is 0 Å². The molecule has 2 saturated heterocycles. The maximum absolute atomic E-state index is 13.0. The zero-order valence-corrected chi connectivity index (χ0v) is 42.4. The molecule has 0 aromatic heterocycles. The Morgan fingerprint density at radius 2 is 0.868 bits per heavy atom. The van der Waals surface area contributed by atoms with Gasteiger partial charge in [0.15, 0.2) is 18.7 Å². The maximum atomic E-state index is 13.0. The first-order chi connectivity index (χ1) is 33.0. The number of hydrogen-bond acceptors (Lipinski definition) is 15. The molecule has 4 unspecified atom stereocenters. The number of aliphatic hydroxyl groups excluding tert-OH is 7. The molecule has 0 saturated carbocycles. The number of ether oxygens (including phenoxy) is 6. The van der Waals surface area contributed by atoms with Crippen LogP contribution in [-0.2, 0) is 38.0 Å². The standard InChI is InChI=1S/C53H98O15/c1-3-5-7-9-11-13-15-17-19-20-22-23-25-27-29-31-33-35-44(55)63-38-41(66-45(56)36-34-32-30-28-26-24-21-18-16-14-12-10-8-6-4-2)39-64-52-51(62)49(60)47(58)43(68-52)40-65-53-50(61)48(59)46(57)42(37-54)67-53/h30,32,41-43,46-54,57-62H,3-29,31,33-40H2,1-2H3/b32-30+/t41-,42+,43+,46-,47-,48?,49?,50?,51?,52+,53+/m0/s1. The Labute approximate surface area is 410 Å². The molecule has 2 heterocycles. The Balaban J connectivity index is 1.79. The van der Waals surface area contributed by atoms with E-state index in [-0.39, 0.29) is 19.4 Å². The number of allylic oxidation sites excluding steroid dienone is 2. The van der Waals surface area contributed by atoms with Gasteiger partial charge in [-0.15, -0.1) is 0 Å². The van der Waals surface area contributed by atoms with Gasteiger partial charge in [0, 0.05) is 12.8 Å². The molecule has 2 aliphatic heterocycles. The Bertz CT molecular complexity index is 1240. The van der Waals surface area contributed by atoms with Gasteiger partial charge in [-0.05, 0) is 25.7 Å². The number of carbonyl (C=O) groups is 2. The smallest absolute Gasteiger partial charge is 0.306 e. The largest absolute Gasteiger partial charge is 0.462 e. The van der Waals surface area contributed by atoms with Crippen molar-refractivity contribution in [1.82, 2.24) is 0 Å². The molecule has 0 amide bonds. The van der Waals surface area contributed by atoms with Crippen molar-refractivity contribution in [3.63, 3.8) is 0 Å². The SMILES string of the molecule is CCCCCCCCCCCCC/C=C/CCC(=O)O[C@@H](COC(=O)CCCCCCCCCCCCCCCCCCC)CO[C@@H]1O[C@H](CO[C@@H]2O[C@H](CO)[C@H](O)C(O)C2O)[C@H](O)C(O)C1O. The highest BCUT2D eigenvalue weighted by molar-refractivity contribution is 5.70. The predicted molar refractivity (Wildman–Crippen MR) is 261 cm³/mol. The normalized spacial score (nSPS) is 25.8. The molecule has 0 aromatic carbocycles. The summed E-state index contributed by atoms with van der Waals surface area (Å²) >= 11 is 0. The van der Waals surface area contributed by atoms with E-state index < -0.39 is 99.3 Å². The van der Waals surface area contributed by atoms with E-state index in [1.807, 2.05) is 6.08 Å². The van der Waals surface area contributed by atoms with Gasteiger partial charge < -0.3 is 64.2 Å². The number of unbranched alkanes of at least 4 members (excludes halogenated alkanes) is 27. The van der Waals surface area contributed by atoms with E-state index in [2.05, 4.69) is 19.9 Å². The lowest BCUT2D eigenvalue weighted by Crippen LogP contribution is -2.61. The first kappa shape index (κ1) is 62.4. The number of aliphatic hydroxyl groups is 7. The first-order valence-electron chi connectivity index (χ1n) is 27.3. The van der Waals surface area contributed by atoms with Crippen molar-refractivity contribution < 1.29 is 73.8 Å². The van der Waals surface area contributed by atoms with Gasteiger partial charge in [-0.1, -0.05) is 193 Å². The second kappa shape index (κ2) is 40.8. The van der Waals surface area contributed by atoms with E-state index in [1.165, 1.54) is 148 Å². The molecule has 15 heteroatoms. The highest BCUT2D eigenvalue weighted by atomic mass is 16.7. The van der Waals surface area contributed by atoms with Gasteiger partial charge >= 0.3 is 11.9 Å². The quantitative estimate of drug-likeness (QED) is 0.0174. The van der Waals surface area contributed by atoms with Crippen LogP contribution in [0.1, 0.15) is 219 Å². The minimum absolute atomic E-state index is 0.0866. The third kappa shape index (κ3) is 28.3. The van der Waals surface area contributed by atoms with Crippen LogP contribution in [0, 0.1) is 0 Å². The minimum Gasteiger partial charge on any atom is -0.462 e. The molecule has 400 valence electrons. The summed E-state index contributed by atoms with van der Waals surface area (Å²) in [5.41, 5.74) is 0. The topological polar surface area (TPSA) is 231 Å². The molecule has 7 N–H and O–H groups in total. The molecule has 0 aliphatic carbocycles. The van der Waals surface area contributed by atoms with Gasteiger partial charge in [-0.2, -0.15) is 0 Å². The van der Waals surface area contributed by atoms with Gasteiger partial charge in [-0.3, -0.25) is 9.59 Å². The Morgan fingerprint density at radius 1 is 0.456 bits per heavy atom. The molecular weight excluding hydrogens is 877 g/mol. The van der Waals surface area contributed by atoms with E-state index in [4.69, 9.17) is 28.4 Å². The highest BCUT2D eigenvalue weighted by Gasteiger charge is 2.47. The second-order valence-electron chi connectivity index (χ2n) is 19.4. The van der Waals surface area contributed by atoms with Crippen LogP contribution in [0.25, 0.3) is 0 Å². The van der Waals surface area contributed by atoms with E-state index >= 15 is 0 Å². The Kier molecular flexibility index (Phi) is 37.4. The van der Waals surface area contributed by atoms with Crippen LogP contribution in [0.4, 0.5) is 0 Å². The summed E-state index contributed by atoms with van der Waals surface area (Å²) in [4.78, 5) is 25.8. The summed E-state index contributed by atoms with van der Waals surface area (Å²) in [6.07, 6.45) is 23.9. The molecule has 0 bridgehead atoms. The molecule has 15 nitrogen and oxygen atoms in total. The molecule has 0 aromatic rings. The Morgan fingerprint density at radius 3 is 1.35 bits per heavy atom. The third-order valence-electron chi connectivity index (χ3n) is 13.3. The summed E-state index contributed by atoms with van der Waals surface area (Å²) < 4.78 is 33.6. The van der Waals surface area contributed by atoms with Crippen LogP contribution < -0.4 is 0 Å². The molecule has 2 rings (SSSR count). The monoisotopic (exact) mass is 975 g/mol. The van der Waals surface area contributed by atoms with E-state index in [0.29, 0.717) is 12.8 Å². The predicted octanol–water partition coefficient (Wildman–Crippen LogP) is 8.16. The lowest BCUT2D eigenvalue weighted by atomic mass is 9.98. The fourth-order valence-corrected chi connectivity index (χ4v) is 8.77. The van der Waals surface area contributed by atoms with Crippen molar-refractivity contribution in [2.45, 2.75) is 287 Å². The van der Waals surface area contributed by atoms with Gasteiger partial charge in [0.25, 0.3) is 0 Å². The summed E-state index contributed by atoms with van der Waals surface area (Å²) in [7, 11) is 0. The zero-order valence-electron chi connectivity index (χ0n) is 42.4. The van der Waals surface area contributed by atoms with Crippen LogP contribution in [-0.4, -0.2) is 142 Å². The first-order valence-corrected chi connectivity index (χ1v) is 27.3. The van der Waals surface area contributed by atoms with Gasteiger partial charge in [0.2, 0.25) is 0 Å². The van der Waals surface area contributed by atoms with Crippen LogP contribution in [0.5, 0.6) is 0 Å². The number of rotatable bonds is 43.